The highest BCUT2D eigenvalue weighted by atomic mass is 16.5. The van der Waals surface area contributed by atoms with Crippen LogP contribution in [-0.4, -0.2) is 13.1 Å². The lowest BCUT2D eigenvalue weighted by Crippen LogP contribution is -2.12. The molecule has 0 radical (unpaired) electrons. The van der Waals surface area contributed by atoms with Crippen molar-refractivity contribution in [3.05, 3.63) is 58.5 Å². The van der Waals surface area contributed by atoms with Gasteiger partial charge in [-0.15, -0.1) is 0 Å². The second kappa shape index (κ2) is 7.09. The lowest BCUT2D eigenvalue weighted by atomic mass is 10.1. The van der Waals surface area contributed by atoms with Gasteiger partial charge in [-0.3, -0.25) is 0 Å². The van der Waals surface area contributed by atoms with Gasteiger partial charge in [0.15, 0.2) is 0 Å². The maximum absolute atomic E-state index is 11.5. The fraction of sp³-hybridized carbons (Fsp3) is 0.353. The third-order valence-electron chi connectivity index (χ3n) is 3.43. The molecular formula is C17H21NO3. The molecule has 1 heterocycles. The first-order valence-corrected chi connectivity index (χ1v) is 7.10. The Morgan fingerprint density at radius 1 is 1.19 bits per heavy atom. The number of rotatable bonds is 6. The lowest BCUT2D eigenvalue weighted by molar-refractivity contribution is 0.0599. The van der Waals surface area contributed by atoms with Crippen molar-refractivity contribution < 1.29 is 13.9 Å². The minimum absolute atomic E-state index is 0.363. The molecule has 0 aliphatic rings. The molecule has 112 valence electrons. The van der Waals surface area contributed by atoms with Gasteiger partial charge in [0, 0.05) is 6.54 Å². The maximum Gasteiger partial charge on any atom is 0.341 e. The molecule has 2 aromatic rings. The number of furan rings is 1. The summed E-state index contributed by atoms with van der Waals surface area (Å²) >= 11 is 0. The first-order valence-electron chi connectivity index (χ1n) is 7.10. The second-order valence-corrected chi connectivity index (χ2v) is 4.95. The number of methoxy groups -OCH3 is 1. The summed E-state index contributed by atoms with van der Waals surface area (Å²) in [6, 6.07) is 10.3. The Balaban J connectivity index is 1.89. The number of hydrogen-bond acceptors (Lipinski definition) is 4. The number of nitrogens with one attached hydrogen (secondary N) is 1. The van der Waals surface area contributed by atoms with E-state index in [2.05, 4.69) is 36.5 Å². The zero-order valence-electron chi connectivity index (χ0n) is 12.7. The molecule has 0 aliphatic carbocycles. The average molecular weight is 287 g/mol. The Morgan fingerprint density at radius 3 is 2.48 bits per heavy atom. The zero-order valence-corrected chi connectivity index (χ0v) is 12.7. The molecule has 1 N–H and O–H groups in total. The Kier molecular flexibility index (Phi) is 5.17. The fourth-order valence-corrected chi connectivity index (χ4v) is 2.17. The quantitative estimate of drug-likeness (QED) is 0.829. The maximum atomic E-state index is 11.5. The normalized spacial score (nSPS) is 10.6. The van der Waals surface area contributed by atoms with Crippen LogP contribution in [0.3, 0.4) is 0 Å². The molecule has 0 unspecified atom stereocenters. The van der Waals surface area contributed by atoms with Crippen LogP contribution < -0.4 is 5.32 Å². The lowest BCUT2D eigenvalue weighted by Gasteiger charge is -2.04. The molecule has 0 spiro atoms. The number of ether oxygens (including phenoxy) is 1. The summed E-state index contributed by atoms with van der Waals surface area (Å²) in [6.07, 6.45) is 1.05. The van der Waals surface area contributed by atoms with Gasteiger partial charge in [-0.25, -0.2) is 4.79 Å². The van der Waals surface area contributed by atoms with E-state index < -0.39 is 0 Å². The Labute approximate surface area is 125 Å². The first-order chi connectivity index (χ1) is 10.1. The van der Waals surface area contributed by atoms with E-state index in [0.29, 0.717) is 17.9 Å². The molecular weight excluding hydrogens is 266 g/mol. The number of hydrogen-bond donors (Lipinski definition) is 1. The summed E-state index contributed by atoms with van der Waals surface area (Å²) in [5, 5.41) is 3.31. The molecule has 4 nitrogen and oxygen atoms in total. The van der Waals surface area contributed by atoms with Gasteiger partial charge in [0.2, 0.25) is 0 Å². The molecule has 4 heteroatoms. The number of carbonyl (C=O) groups is 1. The molecule has 0 amide bonds. The van der Waals surface area contributed by atoms with Gasteiger partial charge >= 0.3 is 5.97 Å². The van der Waals surface area contributed by atoms with Crippen LogP contribution >= 0.6 is 0 Å². The number of esters is 1. The predicted octanol–water partition coefficient (Wildman–Crippen LogP) is 3.23. The van der Waals surface area contributed by atoms with Gasteiger partial charge in [-0.05, 0) is 30.5 Å². The highest BCUT2D eigenvalue weighted by Crippen LogP contribution is 2.15. The largest absolute Gasteiger partial charge is 0.465 e. The van der Waals surface area contributed by atoms with Gasteiger partial charge in [0.1, 0.15) is 17.1 Å². The summed E-state index contributed by atoms with van der Waals surface area (Å²) in [4.78, 5) is 11.5. The van der Waals surface area contributed by atoms with E-state index in [1.54, 1.807) is 13.0 Å². The van der Waals surface area contributed by atoms with E-state index in [9.17, 15) is 4.79 Å². The Hall–Kier alpha value is -2.07. The summed E-state index contributed by atoms with van der Waals surface area (Å²) in [7, 11) is 1.37. The van der Waals surface area contributed by atoms with Gasteiger partial charge in [-0.1, -0.05) is 31.2 Å². The molecule has 0 atom stereocenters. The summed E-state index contributed by atoms with van der Waals surface area (Å²) in [5.41, 5.74) is 3.05. The highest BCUT2D eigenvalue weighted by Gasteiger charge is 2.14. The minimum Gasteiger partial charge on any atom is -0.465 e. The molecule has 2 rings (SSSR count). The summed E-state index contributed by atoms with van der Waals surface area (Å²) in [6.45, 7) is 5.25. The zero-order chi connectivity index (χ0) is 15.2. The molecule has 1 aromatic heterocycles. The van der Waals surface area contributed by atoms with Crippen molar-refractivity contribution in [1.82, 2.24) is 5.32 Å². The van der Waals surface area contributed by atoms with Gasteiger partial charge < -0.3 is 14.5 Å². The fourth-order valence-electron chi connectivity index (χ4n) is 2.17. The molecule has 1 aromatic carbocycles. The van der Waals surface area contributed by atoms with Crippen molar-refractivity contribution >= 4 is 5.97 Å². The number of aryl methyl sites for hydroxylation is 2. The van der Waals surface area contributed by atoms with Crippen molar-refractivity contribution in [2.45, 2.75) is 33.4 Å². The highest BCUT2D eigenvalue weighted by molar-refractivity contribution is 5.90. The van der Waals surface area contributed by atoms with Crippen LogP contribution in [-0.2, 0) is 24.2 Å². The number of carbonyl (C=O) groups excluding carboxylic acids is 1. The van der Waals surface area contributed by atoms with Crippen LogP contribution in [0.4, 0.5) is 0 Å². The standard InChI is InChI=1S/C17H21NO3/c1-4-13-5-7-14(8-6-13)10-18-11-15-9-16(12(2)21-15)17(19)20-3/h5-9,18H,4,10-11H2,1-3H3. The topological polar surface area (TPSA) is 51.5 Å². The minimum atomic E-state index is -0.363. The van der Waals surface area contributed by atoms with E-state index >= 15 is 0 Å². The SMILES string of the molecule is CCc1ccc(CNCc2cc(C(=O)OC)c(C)o2)cc1. The van der Waals surface area contributed by atoms with Gasteiger partial charge in [0.25, 0.3) is 0 Å². The summed E-state index contributed by atoms with van der Waals surface area (Å²) in [5.74, 6) is 0.960. The van der Waals surface area contributed by atoms with E-state index in [4.69, 9.17) is 9.15 Å². The molecule has 21 heavy (non-hydrogen) atoms. The van der Waals surface area contributed by atoms with Crippen LogP contribution in [0.1, 0.15) is 39.9 Å². The van der Waals surface area contributed by atoms with Crippen LogP contribution in [0, 0.1) is 6.92 Å². The summed E-state index contributed by atoms with van der Waals surface area (Å²) < 4.78 is 10.3. The van der Waals surface area contributed by atoms with Crippen LogP contribution in [0.15, 0.2) is 34.7 Å². The molecule has 0 bridgehead atoms. The second-order valence-electron chi connectivity index (χ2n) is 4.95. The van der Waals surface area contributed by atoms with Crippen LogP contribution in [0.25, 0.3) is 0 Å². The van der Waals surface area contributed by atoms with Crippen molar-refractivity contribution in [3.63, 3.8) is 0 Å². The molecule has 0 saturated heterocycles. The van der Waals surface area contributed by atoms with E-state index in [-0.39, 0.29) is 5.97 Å². The van der Waals surface area contributed by atoms with Gasteiger partial charge in [0.05, 0.1) is 13.7 Å². The van der Waals surface area contributed by atoms with Crippen molar-refractivity contribution in [1.29, 1.82) is 0 Å². The van der Waals surface area contributed by atoms with Crippen molar-refractivity contribution in [2.24, 2.45) is 0 Å². The van der Waals surface area contributed by atoms with Crippen LogP contribution in [0.5, 0.6) is 0 Å². The molecule has 0 aliphatic heterocycles. The van der Waals surface area contributed by atoms with E-state index in [1.807, 2.05) is 0 Å². The van der Waals surface area contributed by atoms with Crippen molar-refractivity contribution in [3.8, 4) is 0 Å². The van der Waals surface area contributed by atoms with Gasteiger partial charge in [-0.2, -0.15) is 0 Å². The Morgan fingerprint density at radius 2 is 1.86 bits per heavy atom. The van der Waals surface area contributed by atoms with Crippen molar-refractivity contribution in [2.75, 3.05) is 7.11 Å². The van der Waals surface area contributed by atoms with E-state index in [0.717, 1.165) is 18.7 Å². The smallest absolute Gasteiger partial charge is 0.341 e. The predicted molar refractivity (Wildman–Crippen MR) is 81.1 cm³/mol. The third kappa shape index (κ3) is 3.95. The first kappa shape index (κ1) is 15.3. The average Bonchev–Trinajstić information content (AvgIpc) is 2.88. The monoisotopic (exact) mass is 287 g/mol. The third-order valence-corrected chi connectivity index (χ3v) is 3.43. The number of benzene rings is 1. The molecule has 0 saturated carbocycles. The van der Waals surface area contributed by atoms with E-state index in [1.165, 1.54) is 18.2 Å². The Bertz CT molecular complexity index is 599. The van der Waals surface area contributed by atoms with Crippen LogP contribution in [0.2, 0.25) is 0 Å². The molecule has 0 fully saturated rings.